The molecule has 4 N–H and O–H groups in total. The Kier molecular flexibility index (Phi) is 5.35. The van der Waals surface area contributed by atoms with E-state index in [4.69, 9.17) is 5.73 Å². The molecule has 0 aliphatic rings. The Labute approximate surface area is 143 Å². The van der Waals surface area contributed by atoms with Gasteiger partial charge in [0, 0.05) is 40.7 Å². The maximum Gasteiger partial charge on any atom is 0.227 e. The molecule has 0 saturated heterocycles. The number of anilines is 1. The molecule has 0 spiro atoms. The van der Waals surface area contributed by atoms with Gasteiger partial charge in [-0.3, -0.25) is 4.79 Å². The topological polar surface area (TPSA) is 96.7 Å². The number of aromatic nitrogens is 3. The van der Waals surface area contributed by atoms with Gasteiger partial charge in [0.1, 0.15) is 5.65 Å². The number of H-pyrrole nitrogens is 1. The molecule has 0 aliphatic carbocycles. The third-order valence-corrected chi connectivity index (χ3v) is 4.14. The molecule has 0 radical (unpaired) electrons. The minimum Gasteiger partial charge on any atom is -0.345 e. The zero-order valence-electron chi connectivity index (χ0n) is 12.8. The number of carbonyl (C=O) groups is 1. The zero-order chi connectivity index (χ0) is 15.7. The maximum absolute atomic E-state index is 11.8. The second-order valence-corrected chi connectivity index (χ2v) is 6.46. The highest BCUT2D eigenvalue weighted by Gasteiger charge is 2.15. The lowest BCUT2D eigenvalue weighted by Gasteiger charge is -2.03. The molecule has 0 saturated carbocycles. The first-order chi connectivity index (χ1) is 10.5. The van der Waals surface area contributed by atoms with Gasteiger partial charge in [0.2, 0.25) is 5.91 Å². The second kappa shape index (κ2) is 7.08. The smallest absolute Gasteiger partial charge is 0.227 e. The number of aryl methyl sites for hydroxylation is 1. The number of hydrogen-bond acceptors (Lipinski definition) is 5. The summed E-state index contributed by atoms with van der Waals surface area (Å²) in [6.07, 6.45) is 3.93. The number of hydrogen-bond donors (Lipinski definition) is 3. The minimum atomic E-state index is -0.166. The van der Waals surface area contributed by atoms with Crippen LogP contribution in [0.1, 0.15) is 18.2 Å². The van der Waals surface area contributed by atoms with Crippen LogP contribution in [0, 0.1) is 6.92 Å². The first kappa shape index (κ1) is 17.4. The molecule has 1 amide bonds. The van der Waals surface area contributed by atoms with Gasteiger partial charge in [0.25, 0.3) is 0 Å². The SMILES string of the molecule is Cc1sc(NC(=O)CC(C)N)nc1-c1c[nH]c2ncccc12.Cl. The Morgan fingerprint density at radius 2 is 2.30 bits per heavy atom. The van der Waals surface area contributed by atoms with E-state index in [1.54, 1.807) is 13.1 Å². The van der Waals surface area contributed by atoms with Crippen molar-refractivity contribution in [2.45, 2.75) is 26.3 Å². The summed E-state index contributed by atoms with van der Waals surface area (Å²) in [4.78, 5) is 24.8. The van der Waals surface area contributed by atoms with Crippen LogP contribution in [0.4, 0.5) is 5.13 Å². The van der Waals surface area contributed by atoms with E-state index < -0.39 is 0 Å². The summed E-state index contributed by atoms with van der Waals surface area (Å²) in [5.74, 6) is -0.115. The molecule has 1 atom stereocenters. The molecule has 1 unspecified atom stereocenters. The number of fused-ring (bicyclic) bond motifs is 1. The second-order valence-electron chi connectivity index (χ2n) is 5.26. The molecule has 3 aromatic heterocycles. The fourth-order valence-corrected chi connectivity index (χ4v) is 3.16. The first-order valence-corrected chi connectivity index (χ1v) is 7.81. The molecule has 6 nitrogen and oxygen atoms in total. The number of thiazole rings is 1. The first-order valence-electron chi connectivity index (χ1n) is 7.00. The van der Waals surface area contributed by atoms with Gasteiger partial charge in [-0.15, -0.1) is 23.7 Å². The van der Waals surface area contributed by atoms with Crippen molar-refractivity contribution in [1.82, 2.24) is 15.0 Å². The van der Waals surface area contributed by atoms with Crippen LogP contribution < -0.4 is 11.1 Å². The van der Waals surface area contributed by atoms with Crippen molar-refractivity contribution in [1.29, 1.82) is 0 Å². The number of rotatable bonds is 4. The van der Waals surface area contributed by atoms with Gasteiger partial charge in [-0.2, -0.15) is 0 Å². The lowest BCUT2D eigenvalue weighted by atomic mass is 10.1. The van der Waals surface area contributed by atoms with Crippen LogP contribution in [0.3, 0.4) is 0 Å². The van der Waals surface area contributed by atoms with E-state index in [0.717, 1.165) is 27.2 Å². The van der Waals surface area contributed by atoms with E-state index >= 15 is 0 Å². The summed E-state index contributed by atoms with van der Waals surface area (Å²) in [6.45, 7) is 3.79. The summed E-state index contributed by atoms with van der Waals surface area (Å²) in [6, 6.07) is 3.73. The van der Waals surface area contributed by atoms with Crippen LogP contribution in [0.5, 0.6) is 0 Å². The summed E-state index contributed by atoms with van der Waals surface area (Å²) in [5, 5.41) is 4.42. The Morgan fingerprint density at radius 1 is 1.52 bits per heavy atom. The van der Waals surface area contributed by atoms with Crippen molar-refractivity contribution in [3.63, 3.8) is 0 Å². The highest BCUT2D eigenvalue weighted by molar-refractivity contribution is 7.16. The standard InChI is InChI=1S/C15H17N5OS.ClH/c1-8(16)6-12(21)19-15-20-13(9(2)22-15)11-7-18-14-10(11)4-3-5-17-14;/h3-5,7-8H,6,16H2,1-2H3,(H,17,18)(H,19,20,21);1H. The van der Waals surface area contributed by atoms with Crippen LogP contribution in [0.25, 0.3) is 22.3 Å². The molecule has 0 aromatic carbocycles. The van der Waals surface area contributed by atoms with Crippen LogP contribution in [-0.2, 0) is 4.79 Å². The van der Waals surface area contributed by atoms with Gasteiger partial charge in [-0.1, -0.05) is 0 Å². The number of nitrogens with zero attached hydrogens (tertiary/aromatic N) is 2. The van der Waals surface area contributed by atoms with E-state index in [-0.39, 0.29) is 30.8 Å². The Morgan fingerprint density at radius 3 is 3.04 bits per heavy atom. The Balaban J connectivity index is 0.00000192. The Bertz CT molecular complexity index is 826. The van der Waals surface area contributed by atoms with Crippen molar-refractivity contribution in [3.8, 4) is 11.3 Å². The van der Waals surface area contributed by atoms with E-state index in [1.807, 2.05) is 25.3 Å². The molecule has 3 heterocycles. The number of nitrogens with two attached hydrogens (primary N) is 1. The van der Waals surface area contributed by atoms with Crippen LogP contribution in [0.15, 0.2) is 24.5 Å². The molecule has 3 rings (SSSR count). The fourth-order valence-electron chi connectivity index (χ4n) is 2.31. The van der Waals surface area contributed by atoms with Crippen molar-refractivity contribution >= 4 is 45.8 Å². The average Bonchev–Trinajstić information content (AvgIpc) is 3.01. The van der Waals surface area contributed by atoms with Gasteiger partial charge >= 0.3 is 0 Å². The third kappa shape index (κ3) is 3.69. The van der Waals surface area contributed by atoms with E-state index in [0.29, 0.717) is 5.13 Å². The van der Waals surface area contributed by atoms with Gasteiger partial charge in [0.05, 0.1) is 5.69 Å². The largest absolute Gasteiger partial charge is 0.345 e. The zero-order valence-corrected chi connectivity index (χ0v) is 14.4. The van der Waals surface area contributed by atoms with Gasteiger partial charge in [-0.25, -0.2) is 9.97 Å². The third-order valence-electron chi connectivity index (χ3n) is 3.26. The Hall–Kier alpha value is -1.96. The molecular weight excluding hydrogens is 334 g/mol. The van der Waals surface area contributed by atoms with Crippen LogP contribution >= 0.6 is 23.7 Å². The lowest BCUT2D eigenvalue weighted by molar-refractivity contribution is -0.116. The number of carbonyl (C=O) groups excluding carboxylic acids is 1. The molecule has 0 bridgehead atoms. The molecular formula is C15H18ClN5OS. The maximum atomic E-state index is 11.8. The average molecular weight is 352 g/mol. The predicted octanol–water partition coefficient (Wildman–Crippen LogP) is 3.09. The quantitative estimate of drug-likeness (QED) is 0.672. The highest BCUT2D eigenvalue weighted by atomic mass is 35.5. The minimum absolute atomic E-state index is 0. The normalized spacial score (nSPS) is 12.0. The van der Waals surface area contributed by atoms with Gasteiger partial charge in [0.15, 0.2) is 5.13 Å². The number of amides is 1. The number of pyridine rings is 1. The molecule has 8 heteroatoms. The van der Waals surface area contributed by atoms with Crippen molar-refractivity contribution in [2.24, 2.45) is 5.73 Å². The predicted molar refractivity (Wildman–Crippen MR) is 96.1 cm³/mol. The van der Waals surface area contributed by atoms with E-state index in [2.05, 4.69) is 20.3 Å². The summed E-state index contributed by atoms with van der Waals surface area (Å²) >= 11 is 1.46. The lowest BCUT2D eigenvalue weighted by Crippen LogP contribution is -2.23. The van der Waals surface area contributed by atoms with Crippen molar-refractivity contribution in [3.05, 3.63) is 29.4 Å². The molecule has 23 heavy (non-hydrogen) atoms. The van der Waals surface area contributed by atoms with Crippen molar-refractivity contribution in [2.75, 3.05) is 5.32 Å². The molecule has 122 valence electrons. The molecule has 0 fully saturated rings. The van der Waals surface area contributed by atoms with E-state index in [9.17, 15) is 4.79 Å². The highest BCUT2D eigenvalue weighted by Crippen LogP contribution is 2.34. The van der Waals surface area contributed by atoms with Crippen molar-refractivity contribution < 1.29 is 4.79 Å². The number of nitrogens with one attached hydrogen (secondary N) is 2. The summed E-state index contributed by atoms with van der Waals surface area (Å²) in [5.41, 5.74) is 8.31. The fraction of sp³-hybridized carbons (Fsp3) is 0.267. The molecule has 0 aliphatic heterocycles. The van der Waals surface area contributed by atoms with Gasteiger partial charge in [-0.05, 0) is 26.0 Å². The van der Waals surface area contributed by atoms with Crippen LogP contribution in [0.2, 0.25) is 0 Å². The number of halogens is 1. The monoisotopic (exact) mass is 351 g/mol. The summed E-state index contributed by atoms with van der Waals surface area (Å²) in [7, 11) is 0. The number of aromatic amines is 1. The molecule has 3 aromatic rings. The summed E-state index contributed by atoms with van der Waals surface area (Å²) < 4.78 is 0. The van der Waals surface area contributed by atoms with Gasteiger partial charge < -0.3 is 16.0 Å². The van der Waals surface area contributed by atoms with E-state index in [1.165, 1.54) is 11.3 Å². The van der Waals surface area contributed by atoms with Crippen LogP contribution in [-0.4, -0.2) is 26.9 Å².